The lowest BCUT2D eigenvalue weighted by Crippen LogP contribution is -2.32. The number of anilines is 1. The molecule has 0 heterocycles. The topological polar surface area (TPSA) is 50.4 Å². The van der Waals surface area contributed by atoms with Crippen molar-refractivity contribution < 1.29 is 9.53 Å². The Morgan fingerprint density at radius 1 is 1.09 bits per heavy atom. The summed E-state index contributed by atoms with van der Waals surface area (Å²) >= 11 is 6.05. The second-order valence-corrected chi connectivity index (χ2v) is 5.89. The molecular formula is C18H21ClN2O2. The SMILES string of the molecule is Cc1ccc(NC(=O)NCCOc2cc(C)ccc2Cl)c(C)c1. The van der Waals surface area contributed by atoms with Crippen LogP contribution in [-0.2, 0) is 0 Å². The molecule has 0 atom stereocenters. The molecule has 2 rings (SSSR count). The lowest BCUT2D eigenvalue weighted by Gasteiger charge is -2.12. The van der Waals surface area contributed by atoms with Gasteiger partial charge in [-0.3, -0.25) is 0 Å². The van der Waals surface area contributed by atoms with Gasteiger partial charge in [0, 0.05) is 5.69 Å². The van der Waals surface area contributed by atoms with Crippen LogP contribution >= 0.6 is 11.6 Å². The number of nitrogens with one attached hydrogen (secondary N) is 2. The van der Waals surface area contributed by atoms with Crippen LogP contribution in [0.2, 0.25) is 5.02 Å². The molecule has 23 heavy (non-hydrogen) atoms. The fourth-order valence-corrected chi connectivity index (χ4v) is 2.34. The fourth-order valence-electron chi connectivity index (χ4n) is 2.17. The second-order valence-electron chi connectivity index (χ2n) is 5.48. The van der Waals surface area contributed by atoms with Crippen LogP contribution in [0.3, 0.4) is 0 Å². The van der Waals surface area contributed by atoms with Crippen molar-refractivity contribution in [3.8, 4) is 5.75 Å². The van der Waals surface area contributed by atoms with Crippen molar-refractivity contribution in [3.63, 3.8) is 0 Å². The summed E-state index contributed by atoms with van der Waals surface area (Å²) in [7, 11) is 0. The van der Waals surface area contributed by atoms with Crippen LogP contribution in [0.15, 0.2) is 36.4 Å². The molecule has 0 unspecified atom stereocenters. The number of hydrogen-bond acceptors (Lipinski definition) is 2. The number of urea groups is 1. The molecule has 0 aliphatic carbocycles. The molecule has 0 aliphatic rings. The molecule has 2 aromatic rings. The molecule has 0 radical (unpaired) electrons. The number of aryl methyl sites for hydroxylation is 3. The van der Waals surface area contributed by atoms with Crippen molar-refractivity contribution in [2.24, 2.45) is 0 Å². The highest BCUT2D eigenvalue weighted by Crippen LogP contribution is 2.24. The molecular weight excluding hydrogens is 312 g/mol. The lowest BCUT2D eigenvalue weighted by atomic mass is 10.1. The van der Waals surface area contributed by atoms with E-state index in [1.807, 2.05) is 51.1 Å². The molecule has 0 bridgehead atoms. The van der Waals surface area contributed by atoms with Gasteiger partial charge in [0.25, 0.3) is 0 Å². The maximum atomic E-state index is 11.9. The Labute approximate surface area is 141 Å². The molecule has 0 saturated heterocycles. The van der Waals surface area contributed by atoms with Crippen molar-refractivity contribution in [2.75, 3.05) is 18.5 Å². The summed E-state index contributed by atoms with van der Waals surface area (Å²) < 4.78 is 5.58. The first-order chi connectivity index (χ1) is 11.0. The molecule has 5 heteroatoms. The van der Waals surface area contributed by atoms with Gasteiger partial charge in [-0.2, -0.15) is 0 Å². The van der Waals surface area contributed by atoms with E-state index in [2.05, 4.69) is 10.6 Å². The van der Waals surface area contributed by atoms with Gasteiger partial charge >= 0.3 is 6.03 Å². The van der Waals surface area contributed by atoms with Gasteiger partial charge in [-0.05, 0) is 50.1 Å². The van der Waals surface area contributed by atoms with Crippen molar-refractivity contribution in [2.45, 2.75) is 20.8 Å². The van der Waals surface area contributed by atoms with E-state index in [0.717, 1.165) is 22.4 Å². The van der Waals surface area contributed by atoms with Crippen LogP contribution in [0.5, 0.6) is 5.75 Å². The summed E-state index contributed by atoms with van der Waals surface area (Å²) in [5.41, 5.74) is 4.07. The number of benzene rings is 2. The summed E-state index contributed by atoms with van der Waals surface area (Å²) in [6.45, 7) is 6.69. The molecule has 122 valence electrons. The van der Waals surface area contributed by atoms with Crippen LogP contribution in [-0.4, -0.2) is 19.2 Å². The normalized spacial score (nSPS) is 10.3. The number of rotatable bonds is 5. The summed E-state index contributed by atoms with van der Waals surface area (Å²) in [5.74, 6) is 0.628. The highest BCUT2D eigenvalue weighted by atomic mass is 35.5. The number of halogens is 1. The Kier molecular flexibility index (Phi) is 5.88. The smallest absolute Gasteiger partial charge is 0.319 e. The minimum atomic E-state index is -0.254. The van der Waals surface area contributed by atoms with Gasteiger partial charge in [0.15, 0.2) is 0 Å². The van der Waals surface area contributed by atoms with Crippen molar-refractivity contribution in [1.82, 2.24) is 5.32 Å². The Morgan fingerprint density at radius 3 is 2.52 bits per heavy atom. The molecule has 0 aliphatic heterocycles. The average Bonchev–Trinajstić information content (AvgIpc) is 2.50. The van der Waals surface area contributed by atoms with E-state index in [9.17, 15) is 4.79 Å². The summed E-state index contributed by atoms with van der Waals surface area (Å²) in [4.78, 5) is 11.9. The minimum absolute atomic E-state index is 0.254. The summed E-state index contributed by atoms with van der Waals surface area (Å²) in [5, 5.41) is 6.15. The van der Waals surface area contributed by atoms with Crippen LogP contribution in [0.1, 0.15) is 16.7 Å². The zero-order chi connectivity index (χ0) is 16.8. The zero-order valence-electron chi connectivity index (χ0n) is 13.6. The maximum Gasteiger partial charge on any atom is 0.319 e. The number of carbonyl (C=O) groups is 1. The largest absolute Gasteiger partial charge is 0.490 e. The highest BCUT2D eigenvalue weighted by molar-refractivity contribution is 6.32. The van der Waals surface area contributed by atoms with Gasteiger partial charge in [-0.25, -0.2) is 4.79 Å². The minimum Gasteiger partial charge on any atom is -0.490 e. The number of ether oxygens (including phenoxy) is 1. The first-order valence-electron chi connectivity index (χ1n) is 7.47. The maximum absolute atomic E-state index is 11.9. The molecule has 0 fully saturated rings. The van der Waals surface area contributed by atoms with Gasteiger partial charge in [0.2, 0.25) is 0 Å². The number of amides is 2. The van der Waals surface area contributed by atoms with E-state index in [1.165, 1.54) is 0 Å². The number of carbonyl (C=O) groups excluding carboxylic acids is 1. The van der Waals surface area contributed by atoms with Gasteiger partial charge in [0.1, 0.15) is 12.4 Å². The van der Waals surface area contributed by atoms with E-state index in [0.29, 0.717) is 23.9 Å². The van der Waals surface area contributed by atoms with Gasteiger partial charge in [0.05, 0.1) is 11.6 Å². The Balaban J connectivity index is 1.77. The molecule has 0 aromatic heterocycles. The molecule has 2 aromatic carbocycles. The molecule has 2 amide bonds. The third-order valence-electron chi connectivity index (χ3n) is 3.36. The third kappa shape index (κ3) is 5.18. The van der Waals surface area contributed by atoms with Crippen molar-refractivity contribution in [1.29, 1.82) is 0 Å². The fraction of sp³-hybridized carbons (Fsp3) is 0.278. The average molecular weight is 333 g/mol. The summed E-state index contributed by atoms with van der Waals surface area (Å²) in [6, 6.07) is 11.2. The van der Waals surface area contributed by atoms with E-state index in [1.54, 1.807) is 6.07 Å². The standard InChI is InChI=1S/C18H21ClN2O2/c1-12-5-7-16(14(3)10-12)21-18(22)20-8-9-23-17-11-13(2)4-6-15(17)19/h4-7,10-11H,8-9H2,1-3H3,(H2,20,21,22). The van der Waals surface area contributed by atoms with E-state index in [-0.39, 0.29) is 6.03 Å². The van der Waals surface area contributed by atoms with E-state index >= 15 is 0 Å². The molecule has 0 saturated carbocycles. The Hall–Kier alpha value is -2.20. The first-order valence-corrected chi connectivity index (χ1v) is 7.84. The quantitative estimate of drug-likeness (QED) is 0.794. The number of hydrogen-bond donors (Lipinski definition) is 2. The van der Waals surface area contributed by atoms with Crippen LogP contribution in [0.4, 0.5) is 10.5 Å². The lowest BCUT2D eigenvalue weighted by molar-refractivity contribution is 0.247. The molecule has 0 spiro atoms. The molecule has 4 nitrogen and oxygen atoms in total. The van der Waals surface area contributed by atoms with Crippen molar-refractivity contribution in [3.05, 3.63) is 58.1 Å². The van der Waals surface area contributed by atoms with Crippen LogP contribution in [0, 0.1) is 20.8 Å². The van der Waals surface area contributed by atoms with Crippen LogP contribution in [0.25, 0.3) is 0 Å². The van der Waals surface area contributed by atoms with E-state index in [4.69, 9.17) is 16.3 Å². The van der Waals surface area contributed by atoms with Gasteiger partial charge in [-0.15, -0.1) is 0 Å². The monoisotopic (exact) mass is 332 g/mol. The van der Waals surface area contributed by atoms with Gasteiger partial charge in [-0.1, -0.05) is 35.4 Å². The highest BCUT2D eigenvalue weighted by Gasteiger charge is 2.05. The third-order valence-corrected chi connectivity index (χ3v) is 3.67. The zero-order valence-corrected chi connectivity index (χ0v) is 14.3. The van der Waals surface area contributed by atoms with Crippen LogP contribution < -0.4 is 15.4 Å². The van der Waals surface area contributed by atoms with Crippen molar-refractivity contribution >= 4 is 23.3 Å². The second kappa shape index (κ2) is 7.88. The molecule has 2 N–H and O–H groups in total. The Bertz CT molecular complexity index is 701. The predicted molar refractivity (Wildman–Crippen MR) is 94.6 cm³/mol. The summed E-state index contributed by atoms with van der Waals surface area (Å²) in [6.07, 6.45) is 0. The Morgan fingerprint density at radius 2 is 1.78 bits per heavy atom. The first kappa shape index (κ1) is 17.2. The van der Waals surface area contributed by atoms with Gasteiger partial charge < -0.3 is 15.4 Å². The van der Waals surface area contributed by atoms with E-state index < -0.39 is 0 Å². The predicted octanol–water partition coefficient (Wildman–Crippen LogP) is 4.47.